The molecule has 0 saturated heterocycles. The predicted octanol–water partition coefficient (Wildman–Crippen LogP) is 2.59. The smallest absolute Gasteiger partial charge is 0.337 e. The number of H-pyrrole nitrogens is 1. The van der Waals surface area contributed by atoms with E-state index in [1.165, 1.54) is 14.0 Å². The van der Waals surface area contributed by atoms with E-state index in [2.05, 4.69) is 4.98 Å². The van der Waals surface area contributed by atoms with Crippen LogP contribution in [0.4, 0.5) is 5.69 Å². The maximum Gasteiger partial charge on any atom is 0.337 e. The molecule has 0 radical (unpaired) electrons. The van der Waals surface area contributed by atoms with Crippen LogP contribution in [0, 0.1) is 0 Å². The van der Waals surface area contributed by atoms with Crippen molar-refractivity contribution in [2.45, 2.75) is 26.3 Å². The number of hydrogen-bond donors (Lipinski definition) is 2. The SMILES string of the molecule is COC(=O)c1ccc2c(c1)c(-c1nc3cc4c(cc3[nH]c1=O)N(C(C)=O)CC4)cn2CCCN. The Kier molecular flexibility index (Phi) is 5.41. The molecule has 0 unspecified atom stereocenters. The third-order valence-electron chi connectivity index (χ3n) is 6.33. The van der Waals surface area contributed by atoms with Crippen LogP contribution in [-0.2, 0) is 22.5 Å². The van der Waals surface area contributed by atoms with Gasteiger partial charge in [0.1, 0.15) is 5.69 Å². The molecule has 0 fully saturated rings. The van der Waals surface area contributed by atoms with Crippen molar-refractivity contribution in [3.63, 3.8) is 0 Å². The number of fused-ring (bicyclic) bond motifs is 3. The van der Waals surface area contributed by atoms with Gasteiger partial charge >= 0.3 is 5.97 Å². The molecule has 0 aliphatic carbocycles. The van der Waals surface area contributed by atoms with Crippen LogP contribution in [0.5, 0.6) is 0 Å². The minimum atomic E-state index is -0.450. The van der Waals surface area contributed by atoms with Crippen LogP contribution in [0.25, 0.3) is 33.2 Å². The number of rotatable bonds is 5. The lowest BCUT2D eigenvalue weighted by Crippen LogP contribution is -2.25. The highest BCUT2D eigenvalue weighted by Gasteiger charge is 2.24. The van der Waals surface area contributed by atoms with Crippen molar-refractivity contribution in [3.05, 3.63) is 58.0 Å². The summed E-state index contributed by atoms with van der Waals surface area (Å²) in [6.45, 7) is 3.35. The monoisotopic (exact) mass is 459 g/mol. The highest BCUT2D eigenvalue weighted by Crippen LogP contribution is 2.33. The van der Waals surface area contributed by atoms with Crippen molar-refractivity contribution in [1.82, 2.24) is 14.5 Å². The van der Waals surface area contributed by atoms with Gasteiger partial charge in [0, 0.05) is 48.4 Å². The van der Waals surface area contributed by atoms with Crippen LogP contribution in [-0.4, -0.2) is 46.6 Å². The molecule has 1 aliphatic heterocycles. The quantitative estimate of drug-likeness (QED) is 0.442. The minimum absolute atomic E-state index is 0.0308. The topological polar surface area (TPSA) is 123 Å². The molecule has 3 heterocycles. The third-order valence-corrected chi connectivity index (χ3v) is 6.33. The Labute approximate surface area is 195 Å². The number of nitrogens with one attached hydrogen (secondary N) is 1. The van der Waals surface area contributed by atoms with Crippen molar-refractivity contribution in [2.24, 2.45) is 5.73 Å². The number of amides is 1. The minimum Gasteiger partial charge on any atom is -0.465 e. The fourth-order valence-corrected chi connectivity index (χ4v) is 4.66. The first-order valence-corrected chi connectivity index (χ1v) is 11.2. The molecule has 0 spiro atoms. The summed E-state index contributed by atoms with van der Waals surface area (Å²) < 4.78 is 6.90. The lowest BCUT2D eigenvalue weighted by atomic mass is 10.1. The fourth-order valence-electron chi connectivity index (χ4n) is 4.66. The number of methoxy groups -OCH3 is 1. The van der Waals surface area contributed by atoms with Crippen LogP contribution in [0.15, 0.2) is 41.3 Å². The third kappa shape index (κ3) is 3.54. The Morgan fingerprint density at radius 2 is 2.06 bits per heavy atom. The first-order chi connectivity index (χ1) is 16.4. The maximum absolute atomic E-state index is 13.2. The number of nitrogens with zero attached hydrogens (tertiary/aromatic N) is 3. The van der Waals surface area contributed by atoms with Gasteiger partial charge < -0.3 is 24.9 Å². The van der Waals surface area contributed by atoms with Crippen molar-refractivity contribution in [2.75, 3.05) is 25.1 Å². The van der Waals surface area contributed by atoms with Crippen LogP contribution >= 0.6 is 0 Å². The zero-order chi connectivity index (χ0) is 24.0. The van der Waals surface area contributed by atoms with Gasteiger partial charge in [0.15, 0.2) is 0 Å². The Morgan fingerprint density at radius 1 is 1.24 bits per heavy atom. The lowest BCUT2D eigenvalue weighted by Gasteiger charge is -2.15. The molecule has 1 aliphatic rings. The van der Waals surface area contributed by atoms with Gasteiger partial charge in [-0.1, -0.05) is 0 Å². The average molecular weight is 460 g/mol. The van der Waals surface area contributed by atoms with E-state index < -0.39 is 5.97 Å². The standard InChI is InChI=1S/C25H25N5O4/c1-14(31)30-9-6-15-11-19-20(12-22(15)30)28-24(32)23(27-19)18-13-29(8-3-7-26)21-5-4-16(10-17(18)21)25(33)34-2/h4-5,10-13H,3,6-9,26H2,1-2H3,(H,28,32). The van der Waals surface area contributed by atoms with Crippen molar-refractivity contribution < 1.29 is 14.3 Å². The summed E-state index contributed by atoms with van der Waals surface area (Å²) in [7, 11) is 1.33. The zero-order valence-electron chi connectivity index (χ0n) is 19.1. The fraction of sp³-hybridized carbons (Fsp3) is 0.280. The molecule has 5 rings (SSSR count). The van der Waals surface area contributed by atoms with Gasteiger partial charge in [-0.15, -0.1) is 0 Å². The molecule has 174 valence electrons. The normalized spacial score (nSPS) is 13.0. The van der Waals surface area contributed by atoms with Crippen molar-refractivity contribution in [1.29, 1.82) is 0 Å². The predicted molar refractivity (Wildman–Crippen MR) is 130 cm³/mol. The summed E-state index contributed by atoms with van der Waals surface area (Å²) in [5, 5.41) is 0.737. The molecular formula is C25H25N5O4. The van der Waals surface area contributed by atoms with E-state index in [4.69, 9.17) is 15.5 Å². The van der Waals surface area contributed by atoms with Crippen molar-refractivity contribution >= 4 is 39.5 Å². The van der Waals surface area contributed by atoms with Gasteiger partial charge in [-0.05, 0) is 55.3 Å². The summed E-state index contributed by atoms with van der Waals surface area (Å²) in [6, 6.07) is 9.03. The van der Waals surface area contributed by atoms with E-state index in [1.54, 1.807) is 17.0 Å². The number of aryl methyl sites for hydroxylation is 1. The Hall–Kier alpha value is -3.98. The second-order valence-corrected chi connectivity index (χ2v) is 8.44. The second kappa shape index (κ2) is 8.42. The highest BCUT2D eigenvalue weighted by atomic mass is 16.5. The van der Waals surface area contributed by atoms with Gasteiger partial charge in [0.2, 0.25) is 5.91 Å². The molecule has 9 nitrogen and oxygen atoms in total. The average Bonchev–Trinajstić information content (AvgIpc) is 3.41. The number of esters is 1. The van der Waals surface area contributed by atoms with E-state index in [-0.39, 0.29) is 17.2 Å². The molecule has 0 bridgehead atoms. The Bertz CT molecular complexity index is 1520. The Balaban J connectivity index is 1.70. The van der Waals surface area contributed by atoms with Crippen LogP contribution in [0.3, 0.4) is 0 Å². The van der Waals surface area contributed by atoms with E-state index in [1.807, 2.05) is 29.0 Å². The van der Waals surface area contributed by atoms with E-state index in [0.717, 1.165) is 35.0 Å². The molecule has 9 heteroatoms. The molecule has 0 saturated carbocycles. The maximum atomic E-state index is 13.2. The van der Waals surface area contributed by atoms with Gasteiger partial charge in [-0.25, -0.2) is 9.78 Å². The number of hydrogen-bond acceptors (Lipinski definition) is 6. The van der Waals surface area contributed by atoms with Gasteiger partial charge in [-0.3, -0.25) is 9.59 Å². The number of anilines is 1. The molecule has 34 heavy (non-hydrogen) atoms. The Morgan fingerprint density at radius 3 is 2.79 bits per heavy atom. The summed E-state index contributed by atoms with van der Waals surface area (Å²) >= 11 is 0. The number of carbonyl (C=O) groups excluding carboxylic acids is 2. The van der Waals surface area contributed by atoms with Gasteiger partial charge in [-0.2, -0.15) is 0 Å². The van der Waals surface area contributed by atoms with Crippen LogP contribution < -0.4 is 16.2 Å². The summed E-state index contributed by atoms with van der Waals surface area (Å²) in [5.74, 6) is -0.481. The lowest BCUT2D eigenvalue weighted by molar-refractivity contribution is -0.116. The first kappa shape index (κ1) is 21.8. The number of aromatic nitrogens is 3. The second-order valence-electron chi connectivity index (χ2n) is 8.44. The number of carbonyl (C=O) groups is 2. The number of nitrogens with two attached hydrogens (primary N) is 1. The van der Waals surface area contributed by atoms with Gasteiger partial charge in [0.05, 0.1) is 23.7 Å². The van der Waals surface area contributed by atoms with E-state index >= 15 is 0 Å². The zero-order valence-corrected chi connectivity index (χ0v) is 19.1. The summed E-state index contributed by atoms with van der Waals surface area (Å²) in [5.41, 5.74) is 10.6. The number of ether oxygens (including phenoxy) is 1. The summed E-state index contributed by atoms with van der Waals surface area (Å²) in [4.78, 5) is 46.6. The largest absolute Gasteiger partial charge is 0.465 e. The van der Waals surface area contributed by atoms with Crippen LogP contribution in [0.1, 0.15) is 29.3 Å². The molecule has 2 aromatic heterocycles. The number of benzene rings is 2. The first-order valence-electron chi connectivity index (χ1n) is 11.2. The highest BCUT2D eigenvalue weighted by molar-refractivity contribution is 6.01. The molecule has 4 aromatic rings. The van der Waals surface area contributed by atoms with E-state index in [0.29, 0.717) is 41.8 Å². The van der Waals surface area contributed by atoms with E-state index in [9.17, 15) is 14.4 Å². The number of aromatic amines is 1. The van der Waals surface area contributed by atoms with Crippen molar-refractivity contribution in [3.8, 4) is 11.3 Å². The molecule has 0 atom stereocenters. The molecule has 2 aromatic carbocycles. The van der Waals surface area contributed by atoms with Gasteiger partial charge in [0.25, 0.3) is 5.56 Å². The molecule has 1 amide bonds. The summed E-state index contributed by atoms with van der Waals surface area (Å²) in [6.07, 6.45) is 3.39. The molecule has 3 N–H and O–H groups in total. The van der Waals surface area contributed by atoms with Crippen LogP contribution in [0.2, 0.25) is 0 Å². The molecular weight excluding hydrogens is 434 g/mol.